The summed E-state index contributed by atoms with van der Waals surface area (Å²) >= 11 is 0. The minimum absolute atomic E-state index is 0.321. The Morgan fingerprint density at radius 3 is 2.26 bits per heavy atom. The molecule has 0 aliphatic carbocycles. The molecule has 0 unspecified atom stereocenters. The van der Waals surface area contributed by atoms with Crippen LogP contribution in [0.2, 0.25) is 0 Å². The molecular weight excluding hydrogens is 250 g/mol. The number of nitrogens with zero attached hydrogens (tertiary/aromatic N) is 4. The highest BCUT2D eigenvalue weighted by atomic mass is 19.2. The summed E-state index contributed by atoms with van der Waals surface area (Å²) in [5.41, 5.74) is 0.998. The normalized spacial score (nSPS) is 14.6. The van der Waals surface area contributed by atoms with Crippen LogP contribution in [0.4, 0.5) is 26.0 Å². The number of pyridine rings is 1. The molecule has 0 aromatic carbocycles. The van der Waals surface area contributed by atoms with Crippen molar-refractivity contribution in [2.24, 2.45) is 0 Å². The zero-order chi connectivity index (χ0) is 14.2. The van der Waals surface area contributed by atoms with E-state index in [-0.39, 0.29) is 0 Å². The fourth-order valence-electron chi connectivity index (χ4n) is 2.47. The first-order valence-corrected chi connectivity index (χ1v) is 6.57. The second-order valence-electron chi connectivity index (χ2n) is 4.75. The third-order valence-corrected chi connectivity index (χ3v) is 3.62. The van der Waals surface area contributed by atoms with Crippen LogP contribution < -0.4 is 14.7 Å². The molecule has 0 saturated heterocycles. The van der Waals surface area contributed by atoms with E-state index in [9.17, 15) is 8.78 Å². The SMILES string of the molecule is CCN(CC)c1c(F)c(F)nc2c1N(C)CCN2C. The Labute approximate surface area is 112 Å². The summed E-state index contributed by atoms with van der Waals surface area (Å²) in [6, 6.07) is 0. The Kier molecular flexibility index (Phi) is 3.78. The quantitative estimate of drug-likeness (QED) is 0.784. The lowest BCUT2D eigenvalue weighted by Gasteiger charge is -2.37. The van der Waals surface area contributed by atoms with Gasteiger partial charge in [0.25, 0.3) is 5.95 Å². The molecule has 0 atom stereocenters. The van der Waals surface area contributed by atoms with Crippen LogP contribution in [0.25, 0.3) is 0 Å². The highest BCUT2D eigenvalue weighted by molar-refractivity contribution is 5.83. The summed E-state index contributed by atoms with van der Waals surface area (Å²) in [4.78, 5) is 9.41. The van der Waals surface area contributed by atoms with Gasteiger partial charge in [0.15, 0.2) is 5.82 Å². The number of rotatable bonds is 3. The van der Waals surface area contributed by atoms with Crippen molar-refractivity contribution >= 4 is 17.2 Å². The third-order valence-electron chi connectivity index (χ3n) is 3.62. The Morgan fingerprint density at radius 1 is 1.11 bits per heavy atom. The largest absolute Gasteiger partial charge is 0.368 e. The van der Waals surface area contributed by atoms with E-state index in [4.69, 9.17) is 0 Å². The van der Waals surface area contributed by atoms with Gasteiger partial charge in [0.2, 0.25) is 5.82 Å². The zero-order valence-electron chi connectivity index (χ0n) is 11.9. The van der Waals surface area contributed by atoms with Crippen molar-refractivity contribution in [2.45, 2.75) is 13.8 Å². The Balaban J connectivity index is 2.69. The van der Waals surface area contributed by atoms with Gasteiger partial charge in [-0.05, 0) is 13.8 Å². The number of likely N-dealkylation sites (N-methyl/N-ethyl adjacent to an activating group) is 2. The summed E-state index contributed by atoms with van der Waals surface area (Å²) < 4.78 is 27.9. The zero-order valence-corrected chi connectivity index (χ0v) is 11.9. The van der Waals surface area contributed by atoms with Crippen LogP contribution >= 0.6 is 0 Å². The van der Waals surface area contributed by atoms with Crippen LogP contribution in [0, 0.1) is 11.8 Å². The van der Waals surface area contributed by atoms with Gasteiger partial charge in [0.05, 0.1) is 0 Å². The predicted octanol–water partition coefficient (Wildman–Crippen LogP) is 2.09. The second kappa shape index (κ2) is 5.19. The Hall–Kier alpha value is -1.59. The Bertz CT molecular complexity index is 474. The molecule has 1 aliphatic rings. The lowest BCUT2D eigenvalue weighted by molar-refractivity contribution is 0.476. The van der Waals surface area contributed by atoms with Crippen molar-refractivity contribution in [1.82, 2.24) is 4.98 Å². The Morgan fingerprint density at radius 2 is 1.68 bits per heavy atom. The highest BCUT2D eigenvalue weighted by Gasteiger charge is 2.29. The third kappa shape index (κ3) is 2.19. The van der Waals surface area contributed by atoms with Gasteiger partial charge in [-0.2, -0.15) is 13.8 Å². The molecule has 0 radical (unpaired) electrons. The monoisotopic (exact) mass is 270 g/mol. The molecule has 0 spiro atoms. The van der Waals surface area contributed by atoms with Crippen LogP contribution in [-0.2, 0) is 0 Å². The average Bonchev–Trinajstić information content (AvgIpc) is 2.40. The van der Waals surface area contributed by atoms with Crippen LogP contribution in [0.1, 0.15) is 13.8 Å². The molecule has 1 aliphatic heterocycles. The molecule has 2 heterocycles. The number of halogens is 2. The van der Waals surface area contributed by atoms with E-state index in [2.05, 4.69) is 4.98 Å². The van der Waals surface area contributed by atoms with Gasteiger partial charge in [-0.3, -0.25) is 0 Å². The van der Waals surface area contributed by atoms with Gasteiger partial charge in [-0.25, -0.2) is 0 Å². The van der Waals surface area contributed by atoms with Crippen LogP contribution in [0.3, 0.4) is 0 Å². The van der Waals surface area contributed by atoms with Crippen LogP contribution in [0.15, 0.2) is 0 Å². The lowest BCUT2D eigenvalue weighted by Crippen LogP contribution is -2.39. The number of hydrogen-bond donors (Lipinski definition) is 0. The molecule has 1 aromatic heterocycles. The smallest absolute Gasteiger partial charge is 0.253 e. The first-order valence-electron chi connectivity index (χ1n) is 6.57. The van der Waals surface area contributed by atoms with E-state index < -0.39 is 11.8 Å². The van der Waals surface area contributed by atoms with Crippen LogP contribution in [-0.4, -0.2) is 45.3 Å². The van der Waals surface area contributed by atoms with Gasteiger partial charge in [0, 0.05) is 40.3 Å². The maximum Gasteiger partial charge on any atom is 0.253 e. The number of anilines is 3. The number of fused-ring (bicyclic) bond motifs is 1. The van der Waals surface area contributed by atoms with E-state index in [1.165, 1.54) is 0 Å². The molecule has 1 aromatic rings. The molecule has 0 fully saturated rings. The summed E-state index contributed by atoms with van der Waals surface area (Å²) in [6.45, 7) is 6.63. The summed E-state index contributed by atoms with van der Waals surface area (Å²) in [6.07, 6.45) is 0. The van der Waals surface area contributed by atoms with E-state index in [0.717, 1.165) is 13.1 Å². The molecule has 2 rings (SSSR count). The molecule has 6 heteroatoms. The van der Waals surface area contributed by atoms with Crippen molar-refractivity contribution < 1.29 is 8.78 Å². The van der Waals surface area contributed by atoms with Gasteiger partial charge >= 0.3 is 0 Å². The maximum atomic E-state index is 14.2. The fraction of sp³-hybridized carbons (Fsp3) is 0.615. The predicted molar refractivity (Wildman–Crippen MR) is 74.3 cm³/mol. The van der Waals surface area contributed by atoms with E-state index in [1.807, 2.05) is 42.6 Å². The first kappa shape index (κ1) is 13.8. The summed E-state index contributed by atoms with van der Waals surface area (Å²) in [7, 11) is 3.74. The van der Waals surface area contributed by atoms with Crippen molar-refractivity contribution in [3.8, 4) is 0 Å². The average molecular weight is 270 g/mol. The standard InChI is InChI=1S/C13H20F2N4/c1-5-19(6-2)10-9(14)12(15)16-13-11(10)17(3)7-8-18(13)4/h5-8H2,1-4H3. The molecule has 19 heavy (non-hydrogen) atoms. The van der Waals surface area contributed by atoms with Crippen molar-refractivity contribution in [2.75, 3.05) is 55.0 Å². The highest BCUT2D eigenvalue weighted by Crippen LogP contribution is 2.41. The topological polar surface area (TPSA) is 22.6 Å². The lowest BCUT2D eigenvalue weighted by atomic mass is 10.2. The first-order chi connectivity index (χ1) is 9.01. The van der Waals surface area contributed by atoms with E-state index in [0.29, 0.717) is 30.3 Å². The van der Waals surface area contributed by atoms with Crippen molar-refractivity contribution in [1.29, 1.82) is 0 Å². The molecule has 0 amide bonds. The maximum absolute atomic E-state index is 14.2. The van der Waals surface area contributed by atoms with Gasteiger partial charge in [-0.1, -0.05) is 0 Å². The summed E-state index contributed by atoms with van der Waals surface area (Å²) in [5, 5.41) is 0. The van der Waals surface area contributed by atoms with Crippen molar-refractivity contribution in [3.05, 3.63) is 11.8 Å². The molecular formula is C13H20F2N4. The van der Waals surface area contributed by atoms with Crippen molar-refractivity contribution in [3.63, 3.8) is 0 Å². The number of aromatic nitrogens is 1. The molecule has 106 valence electrons. The molecule has 0 bridgehead atoms. The second-order valence-corrected chi connectivity index (χ2v) is 4.75. The molecule has 4 nitrogen and oxygen atoms in total. The molecule has 0 saturated carbocycles. The minimum atomic E-state index is -1.03. The van der Waals surface area contributed by atoms with E-state index in [1.54, 1.807) is 0 Å². The minimum Gasteiger partial charge on any atom is -0.368 e. The van der Waals surface area contributed by atoms with Crippen LogP contribution in [0.5, 0.6) is 0 Å². The van der Waals surface area contributed by atoms with Gasteiger partial charge in [-0.15, -0.1) is 0 Å². The summed E-state index contributed by atoms with van der Waals surface area (Å²) in [5.74, 6) is -1.37. The van der Waals surface area contributed by atoms with Gasteiger partial charge in [0.1, 0.15) is 11.4 Å². The fourth-order valence-corrected chi connectivity index (χ4v) is 2.47. The van der Waals surface area contributed by atoms with E-state index >= 15 is 0 Å². The van der Waals surface area contributed by atoms with Gasteiger partial charge < -0.3 is 14.7 Å². The molecule has 0 N–H and O–H groups in total. The number of hydrogen-bond acceptors (Lipinski definition) is 4.